The highest BCUT2D eigenvalue weighted by atomic mass is 16.2. The number of hydrogen-bond acceptors (Lipinski definition) is 5. The Morgan fingerprint density at radius 1 is 1.43 bits per heavy atom. The first-order valence-corrected chi connectivity index (χ1v) is 6.75. The zero-order valence-corrected chi connectivity index (χ0v) is 12.4. The Morgan fingerprint density at radius 3 is 2.96 bits per heavy atom. The number of rotatable bonds is 2. The second kappa shape index (κ2) is 5.10. The van der Waals surface area contributed by atoms with Gasteiger partial charge >= 0.3 is 11.7 Å². The summed E-state index contributed by atoms with van der Waals surface area (Å²) < 4.78 is 1.10. The van der Waals surface area contributed by atoms with Crippen molar-refractivity contribution in [1.82, 2.24) is 30.0 Å². The molecule has 9 heteroatoms. The normalized spacial score (nSPS) is 11.3. The lowest BCUT2D eigenvalue weighted by molar-refractivity contribution is 0.233. The molecule has 23 heavy (non-hydrogen) atoms. The second-order valence-electron chi connectivity index (χ2n) is 5.50. The van der Waals surface area contributed by atoms with Gasteiger partial charge in [-0.15, -0.1) is 0 Å². The van der Waals surface area contributed by atoms with Crippen LogP contribution in [0.25, 0.3) is 22.3 Å². The maximum absolute atomic E-state index is 12.1. The Bertz CT molecular complexity index is 986. The van der Waals surface area contributed by atoms with E-state index in [0.29, 0.717) is 22.3 Å². The molecule has 3 aromatic heterocycles. The minimum absolute atomic E-state index is 0.360. The molecule has 3 aromatic rings. The SMILES string of the molecule is CC(C)(C#N)NC(=O)n1cc(-c2ccnc3[nH]c(=O)[nH]c23)cn1. The van der Waals surface area contributed by atoms with Crippen molar-refractivity contribution in [2.75, 3.05) is 0 Å². The van der Waals surface area contributed by atoms with E-state index in [2.05, 4.69) is 25.4 Å². The number of hydrogen-bond donors (Lipinski definition) is 3. The van der Waals surface area contributed by atoms with Crippen molar-refractivity contribution in [3.8, 4) is 17.2 Å². The number of H-pyrrole nitrogens is 2. The molecule has 0 atom stereocenters. The van der Waals surface area contributed by atoms with Crippen molar-refractivity contribution < 1.29 is 4.79 Å². The summed E-state index contributed by atoms with van der Waals surface area (Å²) in [6.45, 7) is 3.18. The quantitative estimate of drug-likeness (QED) is 0.648. The van der Waals surface area contributed by atoms with Crippen molar-refractivity contribution in [1.29, 1.82) is 5.26 Å². The van der Waals surface area contributed by atoms with Crippen molar-refractivity contribution in [2.24, 2.45) is 0 Å². The van der Waals surface area contributed by atoms with Gasteiger partial charge in [-0.1, -0.05) is 0 Å². The number of nitrogens with one attached hydrogen (secondary N) is 3. The Balaban J connectivity index is 1.97. The number of pyridine rings is 1. The summed E-state index contributed by atoms with van der Waals surface area (Å²) in [5, 5.41) is 15.5. The number of aromatic nitrogens is 5. The maximum atomic E-state index is 12.1. The van der Waals surface area contributed by atoms with Gasteiger partial charge in [-0.3, -0.25) is 4.98 Å². The first kappa shape index (κ1) is 14.5. The molecule has 1 amide bonds. The number of carbonyl (C=O) groups is 1. The third-order valence-electron chi connectivity index (χ3n) is 3.22. The monoisotopic (exact) mass is 311 g/mol. The zero-order valence-electron chi connectivity index (χ0n) is 12.4. The van der Waals surface area contributed by atoms with E-state index in [1.165, 1.54) is 12.4 Å². The van der Waals surface area contributed by atoms with Gasteiger partial charge in [-0.25, -0.2) is 14.6 Å². The van der Waals surface area contributed by atoms with Crippen LogP contribution in [0.1, 0.15) is 13.8 Å². The van der Waals surface area contributed by atoms with Gasteiger partial charge in [0.15, 0.2) is 5.65 Å². The van der Waals surface area contributed by atoms with E-state index in [9.17, 15) is 9.59 Å². The highest BCUT2D eigenvalue weighted by Gasteiger charge is 2.21. The Morgan fingerprint density at radius 2 is 2.22 bits per heavy atom. The molecular weight excluding hydrogens is 298 g/mol. The molecule has 0 fully saturated rings. The van der Waals surface area contributed by atoms with E-state index in [-0.39, 0.29) is 5.69 Å². The van der Waals surface area contributed by atoms with E-state index in [1.807, 2.05) is 6.07 Å². The van der Waals surface area contributed by atoms with E-state index in [4.69, 9.17) is 5.26 Å². The first-order valence-electron chi connectivity index (χ1n) is 6.75. The van der Waals surface area contributed by atoms with Gasteiger partial charge in [0.1, 0.15) is 5.54 Å². The van der Waals surface area contributed by atoms with Gasteiger partial charge in [-0.05, 0) is 19.9 Å². The van der Waals surface area contributed by atoms with Crippen LogP contribution >= 0.6 is 0 Å². The van der Waals surface area contributed by atoms with Crippen LogP contribution < -0.4 is 11.0 Å². The van der Waals surface area contributed by atoms with E-state index < -0.39 is 11.6 Å². The smallest absolute Gasteiger partial charge is 0.318 e. The van der Waals surface area contributed by atoms with Crippen molar-refractivity contribution >= 4 is 17.2 Å². The molecule has 0 aliphatic heterocycles. The first-order chi connectivity index (χ1) is 10.9. The lowest BCUT2D eigenvalue weighted by Crippen LogP contribution is -2.44. The number of carbonyl (C=O) groups excluding carboxylic acids is 1. The third-order valence-corrected chi connectivity index (χ3v) is 3.22. The maximum Gasteiger partial charge on any atom is 0.343 e. The summed E-state index contributed by atoms with van der Waals surface area (Å²) in [6, 6.07) is 3.18. The number of nitriles is 1. The van der Waals surface area contributed by atoms with Crippen molar-refractivity contribution in [3.63, 3.8) is 0 Å². The molecule has 0 spiro atoms. The number of fused-ring (bicyclic) bond motifs is 1. The summed E-state index contributed by atoms with van der Waals surface area (Å²) in [5.41, 5.74) is 0.925. The molecule has 9 nitrogen and oxygen atoms in total. The van der Waals surface area contributed by atoms with Gasteiger partial charge < -0.3 is 10.3 Å². The van der Waals surface area contributed by atoms with Crippen LogP contribution in [-0.2, 0) is 0 Å². The van der Waals surface area contributed by atoms with Gasteiger partial charge in [-0.2, -0.15) is 15.0 Å². The number of imidazole rings is 1. The fourth-order valence-corrected chi connectivity index (χ4v) is 2.10. The molecule has 116 valence electrons. The van der Waals surface area contributed by atoms with Gasteiger partial charge in [0.2, 0.25) is 0 Å². The largest absolute Gasteiger partial charge is 0.343 e. The predicted molar refractivity (Wildman–Crippen MR) is 81.6 cm³/mol. The summed E-state index contributed by atoms with van der Waals surface area (Å²) in [4.78, 5) is 32.8. The standard InChI is InChI=1S/C14H13N7O2/c1-14(2,7-15)20-13(23)21-6-8(5-17-21)9-3-4-16-11-10(9)18-12(22)19-11/h3-6H,1-2H3,(H,20,23)(H2,16,18,19,22). The summed E-state index contributed by atoms with van der Waals surface area (Å²) >= 11 is 0. The molecular formula is C14H13N7O2. The Hall–Kier alpha value is -3.41. The molecule has 3 N–H and O–H groups in total. The molecule has 0 bridgehead atoms. The van der Waals surface area contributed by atoms with Crippen LogP contribution in [0.5, 0.6) is 0 Å². The van der Waals surface area contributed by atoms with E-state index in [0.717, 1.165) is 4.68 Å². The highest BCUT2D eigenvalue weighted by Crippen LogP contribution is 2.23. The topological polar surface area (TPSA) is 132 Å². The number of amides is 1. The van der Waals surface area contributed by atoms with Crippen LogP contribution in [-0.4, -0.2) is 36.3 Å². The van der Waals surface area contributed by atoms with Crippen molar-refractivity contribution in [3.05, 3.63) is 35.1 Å². The average Bonchev–Trinajstić information content (AvgIpc) is 3.11. The van der Waals surface area contributed by atoms with Crippen LogP contribution in [0.15, 0.2) is 29.5 Å². The van der Waals surface area contributed by atoms with Crippen LogP contribution in [0.3, 0.4) is 0 Å². The molecule has 3 rings (SSSR count). The van der Waals surface area contributed by atoms with Gasteiger partial charge in [0.05, 0.1) is 17.8 Å². The fourth-order valence-electron chi connectivity index (χ4n) is 2.10. The Labute approximate surface area is 130 Å². The fraction of sp³-hybridized carbons (Fsp3) is 0.214. The minimum atomic E-state index is -1.00. The molecule has 0 saturated carbocycles. The summed E-state index contributed by atoms with van der Waals surface area (Å²) in [6.07, 6.45) is 4.57. The molecule has 0 unspecified atom stereocenters. The number of aromatic amines is 2. The summed E-state index contributed by atoms with van der Waals surface area (Å²) in [5.74, 6) is 0. The molecule has 0 aliphatic rings. The lowest BCUT2D eigenvalue weighted by atomic mass is 10.1. The molecule has 0 radical (unpaired) electrons. The van der Waals surface area contributed by atoms with Crippen molar-refractivity contribution in [2.45, 2.75) is 19.4 Å². The number of nitrogens with zero attached hydrogens (tertiary/aromatic N) is 4. The predicted octanol–water partition coefficient (Wildman–Crippen LogP) is 0.975. The molecule has 3 heterocycles. The van der Waals surface area contributed by atoms with Crippen LogP contribution in [0, 0.1) is 11.3 Å². The van der Waals surface area contributed by atoms with E-state index in [1.54, 1.807) is 26.1 Å². The minimum Gasteiger partial charge on any atom is -0.318 e. The highest BCUT2D eigenvalue weighted by molar-refractivity contribution is 5.89. The Kier molecular flexibility index (Phi) is 3.22. The third kappa shape index (κ3) is 2.69. The zero-order chi connectivity index (χ0) is 16.6. The molecule has 0 aliphatic carbocycles. The van der Waals surface area contributed by atoms with Crippen LogP contribution in [0.2, 0.25) is 0 Å². The second-order valence-corrected chi connectivity index (χ2v) is 5.50. The summed E-state index contributed by atoms with van der Waals surface area (Å²) in [7, 11) is 0. The lowest BCUT2D eigenvalue weighted by Gasteiger charge is -2.16. The van der Waals surface area contributed by atoms with Gasteiger partial charge in [0.25, 0.3) is 0 Å². The average molecular weight is 311 g/mol. The molecule has 0 saturated heterocycles. The van der Waals surface area contributed by atoms with Gasteiger partial charge in [0, 0.05) is 23.5 Å². The van der Waals surface area contributed by atoms with E-state index >= 15 is 0 Å². The molecule has 0 aromatic carbocycles. The van der Waals surface area contributed by atoms with Crippen LogP contribution in [0.4, 0.5) is 4.79 Å².